The SMILES string of the molecule is C=CCNC(=O)CCCN1C(=O)c2ccccc2N2C(=O)c3ccccc3[C@@H]12. The molecule has 6 heteroatoms. The quantitative estimate of drug-likeness (QED) is 0.790. The zero-order chi connectivity index (χ0) is 19.7. The molecule has 0 bridgehead atoms. The number of carbonyl (C=O) groups is 3. The normalized spacial score (nSPS) is 17.1. The lowest BCUT2D eigenvalue weighted by Gasteiger charge is -2.41. The number of amides is 3. The highest BCUT2D eigenvalue weighted by atomic mass is 16.2. The largest absolute Gasteiger partial charge is 0.353 e. The maximum atomic E-state index is 13.2. The summed E-state index contributed by atoms with van der Waals surface area (Å²) < 4.78 is 0. The van der Waals surface area contributed by atoms with Crippen LogP contribution in [0.25, 0.3) is 0 Å². The summed E-state index contributed by atoms with van der Waals surface area (Å²) >= 11 is 0. The molecule has 2 aromatic carbocycles. The number of hydrogen-bond acceptors (Lipinski definition) is 3. The van der Waals surface area contributed by atoms with Crippen LogP contribution in [0.1, 0.15) is 45.3 Å². The highest BCUT2D eigenvalue weighted by Crippen LogP contribution is 2.45. The number of carbonyl (C=O) groups excluding carboxylic acids is 3. The fourth-order valence-corrected chi connectivity index (χ4v) is 3.88. The second kappa shape index (κ2) is 7.31. The van der Waals surface area contributed by atoms with E-state index in [4.69, 9.17) is 0 Å². The molecular weight excluding hydrogens is 354 g/mol. The van der Waals surface area contributed by atoms with Crippen molar-refractivity contribution in [3.8, 4) is 0 Å². The van der Waals surface area contributed by atoms with Gasteiger partial charge in [-0.25, -0.2) is 0 Å². The zero-order valence-electron chi connectivity index (χ0n) is 15.4. The van der Waals surface area contributed by atoms with Gasteiger partial charge in [-0.3, -0.25) is 19.3 Å². The molecule has 3 amide bonds. The molecule has 0 unspecified atom stereocenters. The average Bonchev–Trinajstić information content (AvgIpc) is 3.02. The molecule has 2 aromatic rings. The average molecular weight is 375 g/mol. The first-order valence-electron chi connectivity index (χ1n) is 9.33. The topological polar surface area (TPSA) is 69.7 Å². The minimum atomic E-state index is -0.470. The number of fused-ring (bicyclic) bond motifs is 5. The molecule has 2 aliphatic heterocycles. The van der Waals surface area contributed by atoms with Crippen LogP contribution in [0.4, 0.5) is 5.69 Å². The van der Waals surface area contributed by atoms with E-state index in [0.29, 0.717) is 42.7 Å². The predicted octanol–water partition coefficient (Wildman–Crippen LogP) is 2.88. The Morgan fingerprint density at radius 1 is 1.04 bits per heavy atom. The van der Waals surface area contributed by atoms with Gasteiger partial charge in [-0.15, -0.1) is 6.58 Å². The van der Waals surface area contributed by atoms with E-state index in [1.54, 1.807) is 34.1 Å². The van der Waals surface area contributed by atoms with Gasteiger partial charge in [0.2, 0.25) is 5.91 Å². The molecule has 28 heavy (non-hydrogen) atoms. The van der Waals surface area contributed by atoms with Crippen molar-refractivity contribution < 1.29 is 14.4 Å². The predicted molar refractivity (Wildman–Crippen MR) is 106 cm³/mol. The van der Waals surface area contributed by atoms with Gasteiger partial charge in [0.1, 0.15) is 6.17 Å². The van der Waals surface area contributed by atoms with Gasteiger partial charge in [-0.05, 0) is 24.6 Å². The van der Waals surface area contributed by atoms with Gasteiger partial charge >= 0.3 is 0 Å². The second-order valence-corrected chi connectivity index (χ2v) is 6.85. The second-order valence-electron chi connectivity index (χ2n) is 6.85. The first-order valence-corrected chi connectivity index (χ1v) is 9.33. The van der Waals surface area contributed by atoms with Crippen molar-refractivity contribution >= 4 is 23.4 Å². The molecule has 0 radical (unpaired) electrons. The molecule has 2 aliphatic rings. The summed E-state index contributed by atoms with van der Waals surface area (Å²) in [5.74, 6) is -0.299. The van der Waals surface area contributed by atoms with Gasteiger partial charge in [0.15, 0.2) is 0 Å². The lowest BCUT2D eigenvalue weighted by Crippen LogP contribution is -2.48. The summed E-state index contributed by atoms with van der Waals surface area (Å²) in [6, 6.07) is 14.6. The van der Waals surface area contributed by atoms with Crippen molar-refractivity contribution in [1.29, 1.82) is 0 Å². The van der Waals surface area contributed by atoms with E-state index >= 15 is 0 Å². The molecule has 0 fully saturated rings. The van der Waals surface area contributed by atoms with Gasteiger partial charge in [-0.1, -0.05) is 36.4 Å². The summed E-state index contributed by atoms with van der Waals surface area (Å²) in [5, 5.41) is 2.74. The molecular formula is C22H21N3O3. The fourth-order valence-electron chi connectivity index (χ4n) is 3.88. The van der Waals surface area contributed by atoms with Crippen molar-refractivity contribution in [1.82, 2.24) is 10.2 Å². The maximum Gasteiger partial charge on any atom is 0.260 e. The summed E-state index contributed by atoms with van der Waals surface area (Å²) in [4.78, 5) is 41.5. The summed E-state index contributed by atoms with van der Waals surface area (Å²) in [6.07, 6.45) is 1.98. The minimum Gasteiger partial charge on any atom is -0.353 e. The van der Waals surface area contributed by atoms with E-state index in [9.17, 15) is 14.4 Å². The first-order chi connectivity index (χ1) is 13.6. The zero-order valence-corrected chi connectivity index (χ0v) is 15.4. The van der Waals surface area contributed by atoms with Crippen molar-refractivity contribution in [2.24, 2.45) is 0 Å². The van der Waals surface area contributed by atoms with Crippen LogP contribution < -0.4 is 10.2 Å². The lowest BCUT2D eigenvalue weighted by molar-refractivity contribution is -0.121. The van der Waals surface area contributed by atoms with Crippen molar-refractivity contribution in [3.63, 3.8) is 0 Å². The third-order valence-electron chi connectivity index (χ3n) is 5.13. The van der Waals surface area contributed by atoms with Crippen LogP contribution >= 0.6 is 0 Å². The van der Waals surface area contributed by atoms with Crippen LogP contribution in [-0.2, 0) is 4.79 Å². The van der Waals surface area contributed by atoms with Crippen LogP contribution in [0.5, 0.6) is 0 Å². The molecule has 1 N–H and O–H groups in total. The van der Waals surface area contributed by atoms with E-state index < -0.39 is 6.17 Å². The Hall–Kier alpha value is -3.41. The number of hydrogen-bond donors (Lipinski definition) is 1. The van der Waals surface area contributed by atoms with Gasteiger partial charge < -0.3 is 10.2 Å². The van der Waals surface area contributed by atoms with Crippen molar-refractivity contribution in [2.45, 2.75) is 19.0 Å². The summed E-state index contributed by atoms with van der Waals surface area (Å²) in [6.45, 7) is 4.39. The van der Waals surface area contributed by atoms with E-state index in [2.05, 4.69) is 11.9 Å². The van der Waals surface area contributed by atoms with Crippen LogP contribution in [0.3, 0.4) is 0 Å². The smallest absolute Gasteiger partial charge is 0.260 e. The molecule has 0 saturated heterocycles. The highest BCUT2D eigenvalue weighted by molar-refractivity contribution is 6.16. The Morgan fingerprint density at radius 3 is 2.54 bits per heavy atom. The van der Waals surface area contributed by atoms with E-state index in [-0.39, 0.29) is 17.7 Å². The van der Waals surface area contributed by atoms with Crippen molar-refractivity contribution in [3.05, 3.63) is 77.9 Å². The lowest BCUT2D eigenvalue weighted by atomic mass is 10.0. The first kappa shape index (κ1) is 18.0. The number of anilines is 1. The molecule has 4 rings (SSSR count). The minimum absolute atomic E-state index is 0.0792. The molecule has 1 atom stereocenters. The van der Waals surface area contributed by atoms with Crippen LogP contribution in [-0.4, -0.2) is 35.7 Å². The number of nitrogens with one attached hydrogen (secondary N) is 1. The van der Waals surface area contributed by atoms with Gasteiger partial charge in [0.25, 0.3) is 11.8 Å². The monoisotopic (exact) mass is 375 g/mol. The fraction of sp³-hybridized carbons (Fsp3) is 0.227. The van der Waals surface area contributed by atoms with Crippen LogP contribution in [0.2, 0.25) is 0 Å². The Kier molecular flexibility index (Phi) is 4.69. The van der Waals surface area contributed by atoms with E-state index in [1.807, 2.05) is 30.3 Å². The molecule has 0 saturated carbocycles. The van der Waals surface area contributed by atoms with Gasteiger partial charge in [-0.2, -0.15) is 0 Å². The molecule has 0 spiro atoms. The highest BCUT2D eigenvalue weighted by Gasteiger charge is 2.47. The number of benzene rings is 2. The Balaban J connectivity index is 1.64. The maximum absolute atomic E-state index is 13.2. The van der Waals surface area contributed by atoms with Gasteiger partial charge in [0, 0.05) is 30.6 Å². The third-order valence-corrected chi connectivity index (χ3v) is 5.13. The van der Waals surface area contributed by atoms with Crippen LogP contribution in [0.15, 0.2) is 61.2 Å². The Morgan fingerprint density at radius 2 is 1.75 bits per heavy atom. The Labute approximate surface area is 163 Å². The van der Waals surface area contributed by atoms with Gasteiger partial charge in [0.05, 0.1) is 11.3 Å². The summed E-state index contributed by atoms with van der Waals surface area (Å²) in [7, 11) is 0. The van der Waals surface area contributed by atoms with E-state index in [1.165, 1.54) is 0 Å². The molecule has 0 aliphatic carbocycles. The summed E-state index contributed by atoms with van der Waals surface area (Å²) in [5.41, 5.74) is 2.59. The number of nitrogens with zero attached hydrogens (tertiary/aromatic N) is 2. The number of rotatable bonds is 6. The Bertz CT molecular complexity index is 969. The standard InChI is InChI=1S/C22H21N3O3/c1-2-13-23-19(26)12-7-14-24-20-15-8-3-4-9-16(15)22(28)25(20)18-11-6-5-10-17(18)21(24)27/h2-6,8-11,20H,1,7,12-14H2,(H,23,26)/t20-/m0/s1. The van der Waals surface area contributed by atoms with E-state index in [0.717, 1.165) is 5.56 Å². The van der Waals surface area contributed by atoms with Crippen LogP contribution in [0, 0.1) is 0 Å². The molecule has 0 aromatic heterocycles. The molecule has 142 valence electrons. The third kappa shape index (κ3) is 2.87. The number of para-hydroxylation sites is 1. The molecule has 6 nitrogen and oxygen atoms in total. The molecule has 2 heterocycles. The van der Waals surface area contributed by atoms with Crippen molar-refractivity contribution in [2.75, 3.05) is 18.0 Å².